The number of methoxy groups -OCH3 is 1. The fourth-order valence-electron chi connectivity index (χ4n) is 3.03. The molecule has 0 radical (unpaired) electrons. The van der Waals surface area contributed by atoms with Crippen LogP contribution in [0.15, 0.2) is 71.6 Å². The highest BCUT2D eigenvalue weighted by atomic mass is 32.2. The van der Waals surface area contributed by atoms with Gasteiger partial charge in [0.05, 0.1) is 12.0 Å². The van der Waals surface area contributed by atoms with E-state index in [4.69, 9.17) is 14.2 Å². The number of sulfonamides is 1. The lowest BCUT2D eigenvalue weighted by Gasteiger charge is -2.11. The van der Waals surface area contributed by atoms with Crippen LogP contribution < -0.4 is 24.2 Å². The van der Waals surface area contributed by atoms with Crippen LogP contribution in [0.3, 0.4) is 0 Å². The summed E-state index contributed by atoms with van der Waals surface area (Å²) in [5, 5.41) is 2.81. The maximum atomic E-state index is 12.6. The number of amides is 1. The number of carbonyl (C=O) groups is 1. The Bertz CT molecular complexity index is 1210. The largest absolute Gasteiger partial charge is 0.497 e. The maximum Gasteiger partial charge on any atom is 0.261 e. The SMILES string of the molecule is COc1ccc(S(=O)(=O)Nc2cccc(C(=O)NCc3ccc4c(c3)OCO4)c2)cc1. The Kier molecular flexibility index (Phi) is 5.68. The Labute approximate surface area is 179 Å². The summed E-state index contributed by atoms with van der Waals surface area (Å²) in [4.78, 5) is 12.6. The van der Waals surface area contributed by atoms with Crippen LogP contribution in [0, 0.1) is 0 Å². The zero-order chi connectivity index (χ0) is 21.8. The number of hydrogen-bond acceptors (Lipinski definition) is 6. The summed E-state index contributed by atoms with van der Waals surface area (Å²) in [5.41, 5.74) is 1.47. The van der Waals surface area contributed by atoms with Crippen molar-refractivity contribution in [2.75, 3.05) is 18.6 Å². The van der Waals surface area contributed by atoms with Gasteiger partial charge in [0.15, 0.2) is 11.5 Å². The molecular weight excluding hydrogens is 420 g/mol. The molecule has 0 saturated heterocycles. The maximum absolute atomic E-state index is 12.6. The second kappa shape index (κ2) is 8.57. The molecular formula is C22H20N2O6S. The van der Waals surface area contributed by atoms with Crippen LogP contribution in [-0.4, -0.2) is 28.2 Å². The molecule has 3 aromatic rings. The molecule has 1 aliphatic heterocycles. The van der Waals surface area contributed by atoms with E-state index in [0.29, 0.717) is 22.8 Å². The molecule has 1 amide bonds. The van der Waals surface area contributed by atoms with Gasteiger partial charge >= 0.3 is 0 Å². The summed E-state index contributed by atoms with van der Waals surface area (Å²) in [5.74, 6) is 1.54. The van der Waals surface area contributed by atoms with Gasteiger partial charge < -0.3 is 19.5 Å². The first-order valence-electron chi connectivity index (χ1n) is 9.38. The standard InChI is InChI=1S/C22H20N2O6S/c1-28-18-6-8-19(9-7-18)31(26,27)24-17-4-2-3-16(12-17)22(25)23-13-15-5-10-20-21(11-15)30-14-29-20/h2-12,24H,13-14H2,1H3,(H,23,25). The molecule has 0 bridgehead atoms. The van der Waals surface area contributed by atoms with Crippen molar-refractivity contribution in [1.29, 1.82) is 0 Å². The minimum absolute atomic E-state index is 0.0889. The van der Waals surface area contributed by atoms with Crippen molar-refractivity contribution in [1.82, 2.24) is 5.32 Å². The van der Waals surface area contributed by atoms with E-state index in [1.807, 2.05) is 12.1 Å². The Balaban J connectivity index is 1.42. The zero-order valence-corrected chi connectivity index (χ0v) is 17.4. The first-order chi connectivity index (χ1) is 14.9. The number of hydrogen-bond donors (Lipinski definition) is 2. The molecule has 0 aliphatic carbocycles. The quantitative estimate of drug-likeness (QED) is 0.585. The van der Waals surface area contributed by atoms with Crippen molar-refractivity contribution < 1.29 is 27.4 Å². The molecule has 0 saturated carbocycles. The van der Waals surface area contributed by atoms with Gasteiger partial charge in [0.1, 0.15) is 5.75 Å². The van der Waals surface area contributed by atoms with Gasteiger partial charge in [0.2, 0.25) is 6.79 Å². The van der Waals surface area contributed by atoms with E-state index in [9.17, 15) is 13.2 Å². The number of carbonyl (C=O) groups excluding carboxylic acids is 1. The number of nitrogens with one attached hydrogen (secondary N) is 2. The third-order valence-electron chi connectivity index (χ3n) is 4.64. The average Bonchev–Trinajstić information content (AvgIpc) is 3.25. The van der Waals surface area contributed by atoms with Crippen LogP contribution in [0.5, 0.6) is 17.2 Å². The lowest BCUT2D eigenvalue weighted by molar-refractivity contribution is 0.0951. The van der Waals surface area contributed by atoms with E-state index in [-0.39, 0.29) is 29.8 Å². The number of rotatable bonds is 7. The molecule has 0 atom stereocenters. The molecule has 8 nitrogen and oxygen atoms in total. The van der Waals surface area contributed by atoms with Crippen LogP contribution in [0.2, 0.25) is 0 Å². The molecule has 1 heterocycles. The van der Waals surface area contributed by atoms with Crippen LogP contribution in [0.1, 0.15) is 15.9 Å². The van der Waals surface area contributed by atoms with Gasteiger partial charge in [-0.2, -0.15) is 0 Å². The van der Waals surface area contributed by atoms with Gasteiger partial charge in [0.25, 0.3) is 15.9 Å². The van der Waals surface area contributed by atoms with Crippen molar-refractivity contribution in [2.45, 2.75) is 11.4 Å². The first kappa shape index (κ1) is 20.5. The number of ether oxygens (including phenoxy) is 3. The van der Waals surface area contributed by atoms with Gasteiger partial charge in [-0.3, -0.25) is 9.52 Å². The number of anilines is 1. The third kappa shape index (κ3) is 4.72. The topological polar surface area (TPSA) is 103 Å². The summed E-state index contributed by atoms with van der Waals surface area (Å²) >= 11 is 0. The normalized spacial score (nSPS) is 12.3. The highest BCUT2D eigenvalue weighted by Gasteiger charge is 2.16. The summed E-state index contributed by atoms with van der Waals surface area (Å²) in [6.45, 7) is 0.474. The summed E-state index contributed by atoms with van der Waals surface area (Å²) < 4.78 is 43.4. The predicted molar refractivity (Wildman–Crippen MR) is 114 cm³/mol. The van der Waals surface area contributed by atoms with Crippen molar-refractivity contribution in [3.05, 3.63) is 77.9 Å². The predicted octanol–water partition coefficient (Wildman–Crippen LogP) is 3.15. The van der Waals surface area contributed by atoms with Crippen LogP contribution in [0.4, 0.5) is 5.69 Å². The number of fused-ring (bicyclic) bond motifs is 1. The molecule has 9 heteroatoms. The van der Waals surface area contributed by atoms with Crippen molar-refractivity contribution in [3.63, 3.8) is 0 Å². The van der Waals surface area contributed by atoms with Crippen LogP contribution in [0.25, 0.3) is 0 Å². The van der Waals surface area contributed by atoms with E-state index in [0.717, 1.165) is 5.56 Å². The van der Waals surface area contributed by atoms with Crippen LogP contribution >= 0.6 is 0 Å². The van der Waals surface area contributed by atoms with Crippen molar-refractivity contribution in [2.24, 2.45) is 0 Å². The minimum Gasteiger partial charge on any atom is -0.497 e. The molecule has 4 rings (SSSR count). The van der Waals surface area contributed by atoms with E-state index >= 15 is 0 Å². The molecule has 0 spiro atoms. The fraction of sp³-hybridized carbons (Fsp3) is 0.136. The molecule has 0 fully saturated rings. The van der Waals surface area contributed by atoms with E-state index in [1.54, 1.807) is 36.4 Å². The van der Waals surface area contributed by atoms with Crippen molar-refractivity contribution >= 4 is 21.6 Å². The lowest BCUT2D eigenvalue weighted by Crippen LogP contribution is -2.23. The smallest absolute Gasteiger partial charge is 0.261 e. The fourth-order valence-corrected chi connectivity index (χ4v) is 4.08. The Morgan fingerprint density at radius 2 is 1.77 bits per heavy atom. The summed E-state index contributed by atoms with van der Waals surface area (Å²) in [6.07, 6.45) is 0. The Morgan fingerprint density at radius 3 is 2.55 bits per heavy atom. The lowest BCUT2D eigenvalue weighted by atomic mass is 10.1. The molecule has 0 unspecified atom stereocenters. The van der Waals surface area contributed by atoms with Crippen molar-refractivity contribution in [3.8, 4) is 17.2 Å². The van der Waals surface area contributed by atoms with E-state index in [2.05, 4.69) is 10.0 Å². The molecule has 31 heavy (non-hydrogen) atoms. The van der Waals surface area contributed by atoms with Gasteiger partial charge in [-0.25, -0.2) is 8.42 Å². The van der Waals surface area contributed by atoms with Gasteiger partial charge in [0, 0.05) is 17.8 Å². The average molecular weight is 440 g/mol. The molecule has 1 aliphatic rings. The first-order valence-corrected chi connectivity index (χ1v) is 10.9. The van der Waals surface area contributed by atoms with Gasteiger partial charge in [-0.15, -0.1) is 0 Å². The van der Waals surface area contributed by atoms with Crippen LogP contribution in [-0.2, 0) is 16.6 Å². The highest BCUT2D eigenvalue weighted by Crippen LogP contribution is 2.32. The highest BCUT2D eigenvalue weighted by molar-refractivity contribution is 7.92. The Hall–Kier alpha value is -3.72. The zero-order valence-electron chi connectivity index (χ0n) is 16.6. The molecule has 2 N–H and O–H groups in total. The Morgan fingerprint density at radius 1 is 1.00 bits per heavy atom. The second-order valence-corrected chi connectivity index (χ2v) is 8.41. The molecule has 3 aromatic carbocycles. The van der Waals surface area contributed by atoms with E-state index < -0.39 is 10.0 Å². The summed E-state index contributed by atoms with van der Waals surface area (Å²) in [6, 6.07) is 17.7. The molecule has 160 valence electrons. The van der Waals surface area contributed by atoms with Gasteiger partial charge in [-0.05, 0) is 60.2 Å². The monoisotopic (exact) mass is 440 g/mol. The van der Waals surface area contributed by atoms with E-state index in [1.165, 1.54) is 25.3 Å². The van der Waals surface area contributed by atoms with Gasteiger partial charge in [-0.1, -0.05) is 12.1 Å². The number of benzene rings is 3. The second-order valence-electron chi connectivity index (χ2n) is 6.73. The molecule has 0 aromatic heterocycles. The summed E-state index contributed by atoms with van der Waals surface area (Å²) in [7, 11) is -2.30. The third-order valence-corrected chi connectivity index (χ3v) is 6.03. The minimum atomic E-state index is -3.80.